The van der Waals surface area contributed by atoms with Gasteiger partial charge in [-0.25, -0.2) is 0 Å². The largest absolute Gasteiger partial charge is 0.481 e. The number of piperidine rings is 2. The number of likely N-dealkylation sites (tertiary alicyclic amines) is 2. The molecule has 2 atom stereocenters. The summed E-state index contributed by atoms with van der Waals surface area (Å²) in [6.07, 6.45) is 2.89. The number of hydrogen-bond acceptors (Lipinski definition) is 3. The van der Waals surface area contributed by atoms with E-state index in [1.807, 2.05) is 0 Å². The molecule has 17 heavy (non-hydrogen) atoms. The molecule has 0 bridgehead atoms. The molecule has 0 aromatic rings. The summed E-state index contributed by atoms with van der Waals surface area (Å²) in [5.74, 6) is -0.0102. The minimum Gasteiger partial charge on any atom is -0.481 e. The number of carbonyl (C=O) groups is 1. The topological polar surface area (TPSA) is 43.8 Å². The van der Waals surface area contributed by atoms with E-state index >= 15 is 0 Å². The van der Waals surface area contributed by atoms with Gasteiger partial charge in [0.05, 0.1) is 5.92 Å². The average molecular weight is 240 g/mol. The first kappa shape index (κ1) is 12.8. The normalized spacial score (nSPS) is 33.8. The smallest absolute Gasteiger partial charge is 0.306 e. The molecule has 2 rings (SSSR count). The number of carboxylic acid groups (broad SMARTS) is 1. The summed E-state index contributed by atoms with van der Waals surface area (Å²) in [6.45, 7) is 6.60. The summed E-state index contributed by atoms with van der Waals surface area (Å²) >= 11 is 0. The van der Waals surface area contributed by atoms with Gasteiger partial charge in [0.15, 0.2) is 0 Å². The molecule has 1 N–H and O–H groups in total. The average Bonchev–Trinajstić information content (AvgIpc) is 2.29. The number of rotatable bonds is 2. The van der Waals surface area contributed by atoms with Gasteiger partial charge in [0.25, 0.3) is 0 Å². The number of carboxylic acids is 1. The monoisotopic (exact) mass is 240 g/mol. The highest BCUT2D eigenvalue weighted by atomic mass is 16.4. The van der Waals surface area contributed by atoms with Crippen LogP contribution in [0.1, 0.15) is 26.2 Å². The van der Waals surface area contributed by atoms with E-state index < -0.39 is 5.97 Å². The molecular weight excluding hydrogens is 216 g/mol. The quantitative estimate of drug-likeness (QED) is 0.785. The van der Waals surface area contributed by atoms with Crippen LogP contribution in [0.15, 0.2) is 0 Å². The minimum absolute atomic E-state index is 0.104. The second-order valence-corrected chi connectivity index (χ2v) is 5.74. The fourth-order valence-electron chi connectivity index (χ4n) is 3.36. The highest BCUT2D eigenvalue weighted by Gasteiger charge is 2.33. The Balaban J connectivity index is 1.86. The lowest BCUT2D eigenvalue weighted by atomic mass is 9.89. The Labute approximate surface area is 104 Å². The van der Waals surface area contributed by atoms with Gasteiger partial charge in [-0.1, -0.05) is 6.92 Å². The highest BCUT2D eigenvalue weighted by Crippen LogP contribution is 2.26. The maximum Gasteiger partial charge on any atom is 0.306 e. The van der Waals surface area contributed by atoms with E-state index in [9.17, 15) is 4.79 Å². The SMILES string of the molecule is C[C@@H]1CN(C)CC[C@@H]1N1CCC(C(=O)O)CC1. The van der Waals surface area contributed by atoms with Crippen molar-refractivity contribution < 1.29 is 9.90 Å². The minimum atomic E-state index is -0.610. The van der Waals surface area contributed by atoms with Crippen molar-refractivity contribution in [3.8, 4) is 0 Å². The van der Waals surface area contributed by atoms with Crippen LogP contribution < -0.4 is 0 Å². The number of nitrogens with zero attached hydrogens (tertiary/aromatic N) is 2. The molecule has 98 valence electrons. The molecule has 0 aliphatic carbocycles. The van der Waals surface area contributed by atoms with Crippen LogP contribution in [-0.4, -0.2) is 60.1 Å². The fourth-order valence-corrected chi connectivity index (χ4v) is 3.36. The molecule has 2 aliphatic heterocycles. The van der Waals surface area contributed by atoms with E-state index in [1.165, 1.54) is 19.5 Å². The van der Waals surface area contributed by atoms with Crippen molar-refractivity contribution in [3.63, 3.8) is 0 Å². The summed E-state index contributed by atoms with van der Waals surface area (Å²) in [5, 5.41) is 9.00. The highest BCUT2D eigenvalue weighted by molar-refractivity contribution is 5.70. The van der Waals surface area contributed by atoms with Gasteiger partial charge >= 0.3 is 5.97 Å². The van der Waals surface area contributed by atoms with Crippen molar-refractivity contribution in [2.24, 2.45) is 11.8 Å². The van der Waals surface area contributed by atoms with Crippen LogP contribution in [0.4, 0.5) is 0 Å². The summed E-state index contributed by atoms with van der Waals surface area (Å²) < 4.78 is 0. The Morgan fingerprint density at radius 2 is 1.82 bits per heavy atom. The van der Waals surface area contributed by atoms with Gasteiger partial charge < -0.3 is 10.0 Å². The predicted molar refractivity (Wildman–Crippen MR) is 67.0 cm³/mol. The molecule has 4 heteroatoms. The maximum atomic E-state index is 10.9. The standard InChI is InChI=1S/C13H24N2O2/c1-10-9-14(2)6-5-12(10)15-7-3-11(4-8-15)13(16)17/h10-12H,3-9H2,1-2H3,(H,16,17)/t10-,12+/m1/s1. The fraction of sp³-hybridized carbons (Fsp3) is 0.923. The first-order valence-electron chi connectivity index (χ1n) is 6.73. The van der Waals surface area contributed by atoms with E-state index in [0.717, 1.165) is 25.9 Å². The van der Waals surface area contributed by atoms with Gasteiger partial charge in [0.1, 0.15) is 0 Å². The maximum absolute atomic E-state index is 10.9. The first-order chi connectivity index (χ1) is 8.08. The van der Waals surface area contributed by atoms with Crippen LogP contribution >= 0.6 is 0 Å². The Morgan fingerprint density at radius 3 is 2.35 bits per heavy atom. The number of hydrogen-bond donors (Lipinski definition) is 1. The molecule has 2 heterocycles. The molecule has 2 aliphatic rings. The summed E-state index contributed by atoms with van der Waals surface area (Å²) in [7, 11) is 2.18. The molecule has 2 fully saturated rings. The molecule has 4 nitrogen and oxygen atoms in total. The van der Waals surface area contributed by atoms with Crippen LogP contribution in [0.2, 0.25) is 0 Å². The van der Waals surface area contributed by atoms with Crippen LogP contribution in [0, 0.1) is 11.8 Å². The summed E-state index contributed by atoms with van der Waals surface area (Å²) in [4.78, 5) is 15.8. The third-order valence-electron chi connectivity index (χ3n) is 4.41. The molecule has 0 spiro atoms. The van der Waals surface area contributed by atoms with Crippen molar-refractivity contribution in [2.45, 2.75) is 32.2 Å². The van der Waals surface area contributed by atoms with Gasteiger partial charge in [-0.05, 0) is 51.9 Å². The van der Waals surface area contributed by atoms with Crippen molar-refractivity contribution in [3.05, 3.63) is 0 Å². The zero-order chi connectivity index (χ0) is 12.4. The third kappa shape index (κ3) is 2.99. The van der Waals surface area contributed by atoms with Gasteiger partial charge in [-0.3, -0.25) is 9.69 Å². The molecule has 0 unspecified atom stereocenters. The van der Waals surface area contributed by atoms with E-state index in [4.69, 9.17) is 5.11 Å². The lowest BCUT2D eigenvalue weighted by Crippen LogP contribution is -2.51. The molecule has 0 amide bonds. The van der Waals surface area contributed by atoms with Crippen molar-refractivity contribution in [2.75, 3.05) is 33.2 Å². The molecular formula is C13H24N2O2. The van der Waals surface area contributed by atoms with E-state index in [2.05, 4.69) is 23.8 Å². The van der Waals surface area contributed by atoms with E-state index in [0.29, 0.717) is 12.0 Å². The first-order valence-corrected chi connectivity index (χ1v) is 6.73. The molecule has 0 aromatic carbocycles. The Bertz CT molecular complexity index is 275. The van der Waals surface area contributed by atoms with Crippen LogP contribution in [0.25, 0.3) is 0 Å². The third-order valence-corrected chi connectivity index (χ3v) is 4.41. The van der Waals surface area contributed by atoms with Crippen LogP contribution in [-0.2, 0) is 4.79 Å². The Kier molecular flexibility index (Phi) is 4.05. The Morgan fingerprint density at radius 1 is 1.18 bits per heavy atom. The summed E-state index contributed by atoms with van der Waals surface area (Å²) in [6, 6.07) is 0.668. The van der Waals surface area contributed by atoms with Crippen LogP contribution in [0.5, 0.6) is 0 Å². The zero-order valence-corrected chi connectivity index (χ0v) is 10.9. The molecule has 0 aromatic heterocycles. The summed E-state index contributed by atoms with van der Waals surface area (Å²) in [5.41, 5.74) is 0. The van der Waals surface area contributed by atoms with Gasteiger partial charge in [0, 0.05) is 12.6 Å². The Hall–Kier alpha value is -0.610. The lowest BCUT2D eigenvalue weighted by molar-refractivity contribution is -0.143. The zero-order valence-electron chi connectivity index (χ0n) is 10.9. The lowest BCUT2D eigenvalue weighted by Gasteiger charge is -2.44. The van der Waals surface area contributed by atoms with E-state index in [-0.39, 0.29) is 5.92 Å². The van der Waals surface area contributed by atoms with Crippen LogP contribution in [0.3, 0.4) is 0 Å². The van der Waals surface area contributed by atoms with E-state index in [1.54, 1.807) is 0 Å². The molecule has 0 radical (unpaired) electrons. The molecule has 2 saturated heterocycles. The second-order valence-electron chi connectivity index (χ2n) is 5.74. The predicted octanol–water partition coefficient (Wildman–Crippen LogP) is 1.12. The van der Waals surface area contributed by atoms with Gasteiger partial charge in [-0.15, -0.1) is 0 Å². The molecule has 0 saturated carbocycles. The number of aliphatic carboxylic acids is 1. The van der Waals surface area contributed by atoms with Crippen molar-refractivity contribution in [1.82, 2.24) is 9.80 Å². The van der Waals surface area contributed by atoms with Crippen molar-refractivity contribution >= 4 is 5.97 Å². The van der Waals surface area contributed by atoms with Gasteiger partial charge in [-0.2, -0.15) is 0 Å². The second kappa shape index (κ2) is 5.36. The van der Waals surface area contributed by atoms with Crippen molar-refractivity contribution in [1.29, 1.82) is 0 Å². The van der Waals surface area contributed by atoms with Gasteiger partial charge in [0.2, 0.25) is 0 Å².